The second-order valence-corrected chi connectivity index (χ2v) is 6.42. The maximum absolute atomic E-state index is 13.5. The van der Waals surface area contributed by atoms with Crippen molar-refractivity contribution in [3.63, 3.8) is 0 Å². The van der Waals surface area contributed by atoms with Crippen molar-refractivity contribution in [1.82, 2.24) is 5.32 Å². The number of halogens is 2. The molecule has 1 aromatic carbocycles. The van der Waals surface area contributed by atoms with Crippen LogP contribution >= 0.6 is 0 Å². The van der Waals surface area contributed by atoms with Gasteiger partial charge >= 0.3 is 0 Å². The molecule has 0 atom stereocenters. The van der Waals surface area contributed by atoms with E-state index in [1.165, 1.54) is 6.92 Å². The summed E-state index contributed by atoms with van der Waals surface area (Å²) < 4.78 is 49.4. The standard InChI is InChI=1S/C12H14F2N2O2S/c1-2-19(17,18)4-3-16-8-10-11(13)5-9(7-15)6-12(10)14/h5-6,16H,2-4,8H2,1H3. The number of nitrogens with one attached hydrogen (secondary N) is 1. The average molecular weight is 288 g/mol. The molecule has 4 nitrogen and oxygen atoms in total. The van der Waals surface area contributed by atoms with Crippen molar-refractivity contribution < 1.29 is 17.2 Å². The maximum Gasteiger partial charge on any atom is 0.151 e. The first-order valence-electron chi connectivity index (χ1n) is 5.68. The van der Waals surface area contributed by atoms with Gasteiger partial charge in [-0.25, -0.2) is 17.2 Å². The van der Waals surface area contributed by atoms with Crippen molar-refractivity contribution in [3.05, 3.63) is 34.9 Å². The van der Waals surface area contributed by atoms with Gasteiger partial charge in [0.1, 0.15) is 11.6 Å². The maximum atomic E-state index is 13.5. The van der Waals surface area contributed by atoms with Crippen LogP contribution in [0.4, 0.5) is 8.78 Å². The molecular formula is C12H14F2N2O2S. The number of hydrogen-bond donors (Lipinski definition) is 1. The highest BCUT2D eigenvalue weighted by atomic mass is 32.2. The first-order valence-corrected chi connectivity index (χ1v) is 7.51. The molecule has 0 saturated carbocycles. The van der Waals surface area contributed by atoms with Crippen LogP contribution in [0.25, 0.3) is 0 Å². The Hall–Kier alpha value is -1.52. The molecule has 0 unspecified atom stereocenters. The summed E-state index contributed by atoms with van der Waals surface area (Å²) in [5, 5.41) is 11.2. The van der Waals surface area contributed by atoms with Gasteiger partial charge in [-0.2, -0.15) is 5.26 Å². The Kier molecular flexibility index (Phi) is 5.39. The van der Waals surface area contributed by atoms with E-state index in [0.717, 1.165) is 12.1 Å². The lowest BCUT2D eigenvalue weighted by Crippen LogP contribution is -2.24. The third kappa shape index (κ3) is 4.58. The fraction of sp³-hybridized carbons (Fsp3) is 0.417. The Bertz CT molecular complexity index is 571. The predicted molar refractivity (Wildman–Crippen MR) is 67.1 cm³/mol. The third-order valence-corrected chi connectivity index (χ3v) is 4.31. The van der Waals surface area contributed by atoms with Crippen molar-refractivity contribution in [1.29, 1.82) is 5.26 Å². The van der Waals surface area contributed by atoms with Gasteiger partial charge in [-0.15, -0.1) is 0 Å². The van der Waals surface area contributed by atoms with E-state index < -0.39 is 21.5 Å². The van der Waals surface area contributed by atoms with Crippen LogP contribution < -0.4 is 5.32 Å². The summed E-state index contributed by atoms with van der Waals surface area (Å²) in [7, 11) is -3.10. The van der Waals surface area contributed by atoms with Gasteiger partial charge in [-0.05, 0) is 12.1 Å². The van der Waals surface area contributed by atoms with Crippen LogP contribution in [0.15, 0.2) is 12.1 Å². The third-order valence-electron chi connectivity index (χ3n) is 2.60. The molecule has 7 heteroatoms. The van der Waals surface area contributed by atoms with Crippen molar-refractivity contribution in [2.75, 3.05) is 18.1 Å². The Morgan fingerprint density at radius 3 is 2.37 bits per heavy atom. The molecule has 104 valence electrons. The van der Waals surface area contributed by atoms with Gasteiger partial charge in [-0.3, -0.25) is 0 Å². The van der Waals surface area contributed by atoms with Gasteiger partial charge in [0.2, 0.25) is 0 Å². The summed E-state index contributed by atoms with van der Waals surface area (Å²) >= 11 is 0. The smallest absolute Gasteiger partial charge is 0.151 e. The molecular weight excluding hydrogens is 274 g/mol. The summed E-state index contributed by atoms with van der Waals surface area (Å²) in [5.74, 6) is -1.68. The zero-order valence-electron chi connectivity index (χ0n) is 10.4. The van der Waals surface area contributed by atoms with Crippen LogP contribution in [-0.2, 0) is 16.4 Å². The summed E-state index contributed by atoms with van der Waals surface area (Å²) in [6.45, 7) is 1.53. The van der Waals surface area contributed by atoms with Crippen LogP contribution in [0.1, 0.15) is 18.1 Å². The van der Waals surface area contributed by atoms with Gasteiger partial charge < -0.3 is 5.32 Å². The topological polar surface area (TPSA) is 70.0 Å². The average Bonchev–Trinajstić information content (AvgIpc) is 2.36. The number of nitrogens with zero attached hydrogens (tertiary/aromatic N) is 1. The Morgan fingerprint density at radius 2 is 1.89 bits per heavy atom. The van der Waals surface area contributed by atoms with Crippen LogP contribution in [0, 0.1) is 23.0 Å². The Balaban J connectivity index is 2.62. The summed E-state index contributed by atoms with van der Waals surface area (Å²) in [4.78, 5) is 0. The molecule has 0 amide bonds. The largest absolute Gasteiger partial charge is 0.311 e. The molecule has 0 fully saturated rings. The SMILES string of the molecule is CCS(=O)(=O)CCNCc1c(F)cc(C#N)cc1F. The van der Waals surface area contributed by atoms with E-state index in [1.54, 1.807) is 6.07 Å². The normalized spacial score (nSPS) is 11.3. The highest BCUT2D eigenvalue weighted by Crippen LogP contribution is 2.14. The number of hydrogen-bond acceptors (Lipinski definition) is 4. The molecule has 1 rings (SSSR count). The fourth-order valence-corrected chi connectivity index (χ4v) is 2.17. The van der Waals surface area contributed by atoms with E-state index in [1.807, 2.05) is 0 Å². The Morgan fingerprint density at radius 1 is 1.32 bits per heavy atom. The second kappa shape index (κ2) is 6.59. The van der Waals surface area contributed by atoms with Crippen molar-refractivity contribution in [3.8, 4) is 6.07 Å². The minimum Gasteiger partial charge on any atom is -0.311 e. The zero-order valence-corrected chi connectivity index (χ0v) is 11.2. The fourth-order valence-electron chi connectivity index (χ4n) is 1.42. The van der Waals surface area contributed by atoms with Gasteiger partial charge in [0.15, 0.2) is 9.84 Å². The van der Waals surface area contributed by atoms with E-state index in [9.17, 15) is 17.2 Å². The van der Waals surface area contributed by atoms with Crippen molar-refractivity contribution in [2.24, 2.45) is 0 Å². The van der Waals surface area contributed by atoms with Crippen molar-refractivity contribution in [2.45, 2.75) is 13.5 Å². The van der Waals surface area contributed by atoms with Gasteiger partial charge in [0.25, 0.3) is 0 Å². The van der Waals surface area contributed by atoms with E-state index >= 15 is 0 Å². The van der Waals surface area contributed by atoms with Crippen LogP contribution in [0.2, 0.25) is 0 Å². The molecule has 0 bridgehead atoms. The molecule has 0 heterocycles. The number of nitriles is 1. The number of benzene rings is 1. The van der Waals surface area contributed by atoms with E-state index in [-0.39, 0.29) is 35.7 Å². The van der Waals surface area contributed by atoms with E-state index in [2.05, 4.69) is 5.32 Å². The molecule has 0 aliphatic heterocycles. The molecule has 0 aliphatic rings. The summed E-state index contributed by atoms with van der Waals surface area (Å²) in [6.07, 6.45) is 0. The van der Waals surface area contributed by atoms with Gasteiger partial charge in [0.05, 0.1) is 17.4 Å². The van der Waals surface area contributed by atoms with Crippen LogP contribution in [0.3, 0.4) is 0 Å². The van der Waals surface area contributed by atoms with Crippen molar-refractivity contribution >= 4 is 9.84 Å². The zero-order chi connectivity index (χ0) is 14.5. The molecule has 1 N–H and O–H groups in total. The van der Waals surface area contributed by atoms with Gasteiger partial charge in [-0.1, -0.05) is 6.92 Å². The van der Waals surface area contributed by atoms with Crippen LogP contribution in [-0.4, -0.2) is 26.5 Å². The summed E-state index contributed by atoms with van der Waals surface area (Å²) in [5.41, 5.74) is -0.291. The molecule has 1 aromatic rings. The lowest BCUT2D eigenvalue weighted by atomic mass is 10.1. The predicted octanol–water partition coefficient (Wildman–Crippen LogP) is 1.36. The molecule has 0 saturated heterocycles. The molecule has 0 aromatic heterocycles. The molecule has 19 heavy (non-hydrogen) atoms. The number of sulfone groups is 1. The summed E-state index contributed by atoms with van der Waals surface area (Å²) in [6, 6.07) is 3.55. The second-order valence-electron chi connectivity index (χ2n) is 3.94. The van der Waals surface area contributed by atoms with E-state index in [4.69, 9.17) is 5.26 Å². The van der Waals surface area contributed by atoms with E-state index in [0.29, 0.717) is 0 Å². The first-order chi connectivity index (χ1) is 8.89. The van der Waals surface area contributed by atoms with Crippen LogP contribution in [0.5, 0.6) is 0 Å². The lowest BCUT2D eigenvalue weighted by molar-refractivity contribution is 0.538. The monoisotopic (exact) mass is 288 g/mol. The Labute approximate surface area is 111 Å². The lowest BCUT2D eigenvalue weighted by Gasteiger charge is -2.07. The molecule has 0 aliphatic carbocycles. The highest BCUT2D eigenvalue weighted by Gasteiger charge is 2.12. The molecule has 0 spiro atoms. The quantitative estimate of drug-likeness (QED) is 0.802. The minimum atomic E-state index is -3.10. The minimum absolute atomic E-state index is 0.0360. The molecule has 0 radical (unpaired) electrons. The highest BCUT2D eigenvalue weighted by molar-refractivity contribution is 7.91. The first kappa shape index (κ1) is 15.5. The van der Waals surface area contributed by atoms with Gasteiger partial charge in [0, 0.05) is 24.4 Å². The number of rotatable bonds is 6.